The molecule has 3 rings (SSSR count). The highest BCUT2D eigenvalue weighted by Crippen LogP contribution is 2.23. The van der Waals surface area contributed by atoms with Gasteiger partial charge in [0.05, 0.1) is 17.2 Å². The van der Waals surface area contributed by atoms with Crippen molar-refractivity contribution in [2.24, 2.45) is 7.05 Å². The van der Waals surface area contributed by atoms with Crippen molar-refractivity contribution in [3.8, 4) is 5.75 Å². The van der Waals surface area contributed by atoms with E-state index in [9.17, 15) is 14.4 Å². The average Bonchev–Trinajstić information content (AvgIpc) is 2.82. The fraction of sp³-hybridized carbons (Fsp3) is 0.292. The zero-order valence-electron chi connectivity index (χ0n) is 19.1. The second kappa shape index (κ2) is 11.3. The fourth-order valence-electron chi connectivity index (χ4n) is 3.33. The zero-order valence-corrected chi connectivity index (χ0v) is 20.6. The number of aromatic nitrogens is 2. The summed E-state index contributed by atoms with van der Waals surface area (Å²) in [5.41, 5.74) is 0.504. The maximum Gasteiger partial charge on any atom is 0.328 e. The highest BCUT2D eigenvalue weighted by atomic mass is 35.5. The quantitative estimate of drug-likeness (QED) is 0.411. The first-order chi connectivity index (χ1) is 16.2. The molecule has 1 aromatic heterocycles. The summed E-state index contributed by atoms with van der Waals surface area (Å²) in [6, 6.07) is 12.4. The Balaban J connectivity index is 1.73. The summed E-state index contributed by atoms with van der Waals surface area (Å²) in [4.78, 5) is 40.4. The molecule has 3 aromatic rings. The van der Waals surface area contributed by atoms with Crippen LogP contribution >= 0.6 is 23.2 Å². The van der Waals surface area contributed by atoms with E-state index in [1.807, 2.05) is 25.1 Å². The first-order valence-corrected chi connectivity index (χ1v) is 11.4. The molecule has 0 bridgehead atoms. The molecular formula is C24H26Cl2N4O4. The Morgan fingerprint density at radius 3 is 2.41 bits per heavy atom. The van der Waals surface area contributed by atoms with Crippen LogP contribution < -0.4 is 26.6 Å². The molecule has 0 spiro atoms. The van der Waals surface area contributed by atoms with Crippen LogP contribution in [0.3, 0.4) is 0 Å². The van der Waals surface area contributed by atoms with Crippen LogP contribution in [-0.4, -0.2) is 28.6 Å². The second-order valence-corrected chi connectivity index (χ2v) is 8.72. The van der Waals surface area contributed by atoms with Crippen LogP contribution in [0, 0.1) is 0 Å². The standard InChI is InChI=1S/C24H26Cl2N4O4/c1-14(4-5-15-8-11-18(25)19(26)12-15)28-22(31)20-21(23(32)30(2)24(33)29-20)27-13-16-6-9-17(34-3)10-7-16/h6-12,14,27H,4-5,13H2,1-3H3,(H,28,31)(H,29,33). The maximum absolute atomic E-state index is 13.0. The lowest BCUT2D eigenvalue weighted by Crippen LogP contribution is -2.41. The van der Waals surface area contributed by atoms with Crippen LogP contribution in [0.5, 0.6) is 5.75 Å². The number of aryl methyl sites for hydroxylation is 1. The number of carbonyl (C=O) groups excluding carboxylic acids is 1. The third kappa shape index (κ3) is 6.21. The van der Waals surface area contributed by atoms with Crippen molar-refractivity contribution < 1.29 is 9.53 Å². The molecule has 8 nitrogen and oxygen atoms in total. The minimum atomic E-state index is -0.673. The minimum Gasteiger partial charge on any atom is -0.497 e. The van der Waals surface area contributed by atoms with E-state index < -0.39 is 17.2 Å². The number of benzene rings is 2. The van der Waals surface area contributed by atoms with Crippen LogP contribution in [0.2, 0.25) is 10.0 Å². The summed E-state index contributed by atoms with van der Waals surface area (Å²) in [6.07, 6.45) is 1.28. The number of halogens is 2. The number of carbonyl (C=O) groups is 1. The molecule has 1 unspecified atom stereocenters. The molecule has 1 heterocycles. The number of nitrogens with zero attached hydrogens (tertiary/aromatic N) is 1. The third-order valence-corrected chi connectivity index (χ3v) is 6.13. The molecule has 0 fully saturated rings. The van der Waals surface area contributed by atoms with E-state index in [1.165, 1.54) is 7.05 Å². The lowest BCUT2D eigenvalue weighted by atomic mass is 10.1. The van der Waals surface area contributed by atoms with E-state index in [0.717, 1.165) is 15.7 Å². The van der Waals surface area contributed by atoms with E-state index in [-0.39, 0.29) is 24.0 Å². The molecule has 3 N–H and O–H groups in total. The molecule has 0 aliphatic carbocycles. The van der Waals surface area contributed by atoms with Gasteiger partial charge in [0.15, 0.2) is 0 Å². The van der Waals surface area contributed by atoms with Gasteiger partial charge in [0, 0.05) is 19.6 Å². The molecule has 0 aliphatic rings. The van der Waals surface area contributed by atoms with E-state index in [1.54, 1.807) is 31.4 Å². The van der Waals surface area contributed by atoms with Crippen LogP contribution in [0.4, 0.5) is 5.69 Å². The van der Waals surface area contributed by atoms with Crippen LogP contribution in [-0.2, 0) is 20.0 Å². The van der Waals surface area contributed by atoms with Crippen molar-refractivity contribution in [2.45, 2.75) is 32.4 Å². The van der Waals surface area contributed by atoms with E-state index in [2.05, 4.69) is 15.6 Å². The monoisotopic (exact) mass is 504 g/mol. The minimum absolute atomic E-state index is 0.0205. The Labute approximate surface area is 206 Å². The number of methoxy groups -OCH3 is 1. The molecule has 180 valence electrons. The summed E-state index contributed by atoms with van der Waals surface area (Å²) in [5.74, 6) is 0.160. The second-order valence-electron chi connectivity index (χ2n) is 7.91. The summed E-state index contributed by atoms with van der Waals surface area (Å²) in [5, 5.41) is 6.80. The van der Waals surface area contributed by atoms with E-state index in [0.29, 0.717) is 28.6 Å². The van der Waals surface area contributed by atoms with Gasteiger partial charge in [0.2, 0.25) is 0 Å². The average molecular weight is 505 g/mol. The molecule has 0 radical (unpaired) electrons. The Morgan fingerprint density at radius 1 is 1.09 bits per heavy atom. The molecular weight excluding hydrogens is 479 g/mol. The molecule has 0 saturated carbocycles. The predicted octanol–water partition coefficient (Wildman–Crippen LogP) is 3.75. The van der Waals surface area contributed by atoms with Crippen molar-refractivity contribution in [2.75, 3.05) is 12.4 Å². The van der Waals surface area contributed by atoms with Crippen molar-refractivity contribution in [3.05, 3.63) is 90.2 Å². The normalized spacial score (nSPS) is 11.7. The number of hydrogen-bond acceptors (Lipinski definition) is 5. The Bertz CT molecular complexity index is 1290. The molecule has 1 atom stereocenters. The van der Waals surface area contributed by atoms with Crippen molar-refractivity contribution in [3.63, 3.8) is 0 Å². The van der Waals surface area contributed by atoms with Crippen LogP contribution in [0.25, 0.3) is 0 Å². The summed E-state index contributed by atoms with van der Waals surface area (Å²) >= 11 is 12.0. The van der Waals surface area contributed by atoms with Crippen LogP contribution in [0.1, 0.15) is 35.0 Å². The number of aromatic amines is 1. The Hall–Kier alpha value is -3.23. The van der Waals surface area contributed by atoms with Gasteiger partial charge in [0.1, 0.15) is 17.1 Å². The molecule has 2 aromatic carbocycles. The number of anilines is 1. The fourth-order valence-corrected chi connectivity index (χ4v) is 3.66. The number of H-pyrrole nitrogens is 1. The van der Waals surface area contributed by atoms with Crippen molar-refractivity contribution in [1.29, 1.82) is 0 Å². The number of ether oxygens (including phenoxy) is 1. The summed E-state index contributed by atoms with van der Waals surface area (Å²) in [6.45, 7) is 2.12. The Kier molecular flexibility index (Phi) is 8.41. The number of hydrogen-bond donors (Lipinski definition) is 3. The van der Waals surface area contributed by atoms with Gasteiger partial charge in [-0.3, -0.25) is 14.2 Å². The van der Waals surface area contributed by atoms with Gasteiger partial charge >= 0.3 is 5.69 Å². The van der Waals surface area contributed by atoms with Gasteiger partial charge in [-0.25, -0.2) is 4.79 Å². The smallest absolute Gasteiger partial charge is 0.328 e. The number of rotatable bonds is 9. The van der Waals surface area contributed by atoms with Crippen LogP contribution in [0.15, 0.2) is 52.1 Å². The highest BCUT2D eigenvalue weighted by molar-refractivity contribution is 6.42. The lowest BCUT2D eigenvalue weighted by molar-refractivity contribution is 0.0933. The SMILES string of the molecule is COc1ccc(CNc2c(C(=O)NC(C)CCc3ccc(Cl)c(Cl)c3)[nH]c(=O)n(C)c2=O)cc1. The largest absolute Gasteiger partial charge is 0.497 e. The Morgan fingerprint density at radius 2 is 1.76 bits per heavy atom. The molecule has 0 aliphatic heterocycles. The maximum atomic E-state index is 13.0. The predicted molar refractivity (Wildman–Crippen MR) is 134 cm³/mol. The summed E-state index contributed by atoms with van der Waals surface area (Å²) < 4.78 is 6.07. The first-order valence-electron chi connectivity index (χ1n) is 10.6. The molecule has 10 heteroatoms. The van der Waals surface area contributed by atoms with E-state index >= 15 is 0 Å². The zero-order chi connectivity index (χ0) is 24.8. The number of nitrogens with one attached hydrogen (secondary N) is 3. The number of amides is 1. The third-order valence-electron chi connectivity index (χ3n) is 5.39. The van der Waals surface area contributed by atoms with Gasteiger partial charge in [-0.1, -0.05) is 41.4 Å². The van der Waals surface area contributed by atoms with Crippen molar-refractivity contribution >= 4 is 34.8 Å². The van der Waals surface area contributed by atoms with E-state index in [4.69, 9.17) is 27.9 Å². The molecule has 0 saturated heterocycles. The first kappa shape index (κ1) is 25.4. The molecule has 1 amide bonds. The van der Waals surface area contributed by atoms with Gasteiger partial charge in [-0.05, 0) is 55.2 Å². The summed E-state index contributed by atoms with van der Waals surface area (Å²) in [7, 11) is 2.93. The topological polar surface area (TPSA) is 105 Å². The van der Waals surface area contributed by atoms with Crippen molar-refractivity contribution in [1.82, 2.24) is 14.9 Å². The lowest BCUT2D eigenvalue weighted by Gasteiger charge is -2.17. The molecule has 34 heavy (non-hydrogen) atoms. The van der Waals surface area contributed by atoms with Gasteiger partial charge in [0.25, 0.3) is 11.5 Å². The van der Waals surface area contributed by atoms with Gasteiger partial charge in [-0.15, -0.1) is 0 Å². The van der Waals surface area contributed by atoms with Gasteiger partial charge in [-0.2, -0.15) is 0 Å². The van der Waals surface area contributed by atoms with Gasteiger partial charge < -0.3 is 20.4 Å². The highest BCUT2D eigenvalue weighted by Gasteiger charge is 2.20.